The molecule has 0 spiro atoms. The summed E-state index contributed by atoms with van der Waals surface area (Å²) in [7, 11) is 0. The minimum absolute atomic E-state index is 0.000335. The van der Waals surface area contributed by atoms with Crippen LogP contribution in [0, 0.1) is 17.6 Å². The Bertz CT molecular complexity index is 458. The molecule has 6 heteroatoms. The van der Waals surface area contributed by atoms with Crippen LogP contribution in [0.5, 0.6) is 0 Å². The van der Waals surface area contributed by atoms with Gasteiger partial charge in [0.25, 0.3) is 0 Å². The first-order valence-corrected chi connectivity index (χ1v) is 6.33. The molecule has 2 rings (SSSR count). The van der Waals surface area contributed by atoms with Gasteiger partial charge < -0.3 is 10.1 Å². The number of rotatable bonds is 2. The highest BCUT2D eigenvalue weighted by molar-refractivity contribution is 9.10. The summed E-state index contributed by atoms with van der Waals surface area (Å²) in [5, 5.41) is 2.28. The Morgan fingerprint density at radius 1 is 1.44 bits per heavy atom. The molecule has 0 aromatic heterocycles. The van der Waals surface area contributed by atoms with E-state index in [1.807, 2.05) is 6.92 Å². The Hall–Kier alpha value is -1.01. The number of ether oxygens (including phenoxy) is 1. The average Bonchev–Trinajstić information content (AvgIpc) is 2.70. The van der Waals surface area contributed by atoms with Crippen LogP contribution in [0.25, 0.3) is 0 Å². The maximum Gasteiger partial charge on any atom is 0.230 e. The van der Waals surface area contributed by atoms with Gasteiger partial charge in [0.2, 0.25) is 5.91 Å². The van der Waals surface area contributed by atoms with Crippen molar-refractivity contribution < 1.29 is 18.3 Å². The molecule has 1 aliphatic rings. The van der Waals surface area contributed by atoms with Gasteiger partial charge in [-0.1, -0.05) is 15.9 Å². The normalized spacial score (nSPS) is 23.1. The molecule has 1 fully saturated rings. The molecule has 1 aromatic rings. The second-order valence-electron chi connectivity index (χ2n) is 4.31. The minimum atomic E-state index is -0.804. The molecule has 0 aliphatic carbocycles. The van der Waals surface area contributed by atoms with Crippen LogP contribution in [0.3, 0.4) is 0 Å². The number of carbonyl (C=O) groups is 1. The summed E-state index contributed by atoms with van der Waals surface area (Å²) in [4.78, 5) is 11.8. The molecule has 2 unspecified atom stereocenters. The van der Waals surface area contributed by atoms with Crippen LogP contribution in [0.1, 0.15) is 13.3 Å². The summed E-state index contributed by atoms with van der Waals surface area (Å²) >= 11 is 2.97. The van der Waals surface area contributed by atoms with Crippen molar-refractivity contribution in [2.24, 2.45) is 5.92 Å². The zero-order valence-corrected chi connectivity index (χ0v) is 11.3. The highest BCUT2D eigenvalue weighted by Gasteiger charge is 2.29. The van der Waals surface area contributed by atoms with E-state index in [2.05, 4.69) is 21.2 Å². The lowest BCUT2D eigenvalue weighted by Crippen LogP contribution is -2.24. The van der Waals surface area contributed by atoms with Crippen LogP contribution in [-0.4, -0.2) is 18.6 Å². The molecule has 1 heterocycles. The van der Waals surface area contributed by atoms with Gasteiger partial charge in [-0.2, -0.15) is 0 Å². The Morgan fingerprint density at radius 2 is 2.06 bits per heavy atom. The molecule has 2 atom stereocenters. The summed E-state index contributed by atoms with van der Waals surface area (Å²) in [5.74, 6) is -2.38. The molecule has 18 heavy (non-hydrogen) atoms. The van der Waals surface area contributed by atoms with Crippen molar-refractivity contribution in [3.05, 3.63) is 28.2 Å². The average molecular weight is 320 g/mol. The number of carbonyl (C=O) groups excluding carboxylic acids is 1. The largest absolute Gasteiger partial charge is 0.378 e. The van der Waals surface area contributed by atoms with Crippen molar-refractivity contribution in [2.45, 2.75) is 19.4 Å². The lowest BCUT2D eigenvalue weighted by atomic mass is 10.1. The lowest BCUT2D eigenvalue weighted by molar-refractivity contribution is -0.119. The molecule has 1 N–H and O–H groups in total. The maximum absolute atomic E-state index is 13.5. The number of nitrogens with one attached hydrogen (secondary N) is 1. The van der Waals surface area contributed by atoms with E-state index in [-0.39, 0.29) is 23.1 Å². The molecule has 3 nitrogen and oxygen atoms in total. The Balaban J connectivity index is 2.12. The molecule has 1 aliphatic heterocycles. The third-order valence-corrected chi connectivity index (χ3v) is 3.28. The van der Waals surface area contributed by atoms with Crippen LogP contribution in [-0.2, 0) is 9.53 Å². The van der Waals surface area contributed by atoms with Gasteiger partial charge in [0.1, 0.15) is 5.69 Å². The highest BCUT2D eigenvalue weighted by atomic mass is 79.9. The second-order valence-corrected chi connectivity index (χ2v) is 5.23. The summed E-state index contributed by atoms with van der Waals surface area (Å²) in [6.45, 7) is 2.14. The van der Waals surface area contributed by atoms with Gasteiger partial charge in [0, 0.05) is 4.47 Å². The molecule has 1 saturated heterocycles. The number of anilines is 1. The van der Waals surface area contributed by atoms with Crippen LogP contribution in [0.15, 0.2) is 16.6 Å². The van der Waals surface area contributed by atoms with Gasteiger partial charge in [0.15, 0.2) is 11.6 Å². The fourth-order valence-electron chi connectivity index (χ4n) is 1.89. The van der Waals surface area contributed by atoms with E-state index >= 15 is 0 Å². The van der Waals surface area contributed by atoms with Crippen molar-refractivity contribution in [2.75, 3.05) is 11.9 Å². The number of hydrogen-bond acceptors (Lipinski definition) is 2. The van der Waals surface area contributed by atoms with Gasteiger partial charge in [-0.3, -0.25) is 4.79 Å². The monoisotopic (exact) mass is 319 g/mol. The molecule has 0 bridgehead atoms. The van der Waals surface area contributed by atoms with Gasteiger partial charge in [0.05, 0.1) is 18.6 Å². The van der Waals surface area contributed by atoms with Gasteiger partial charge in [-0.15, -0.1) is 0 Å². The zero-order chi connectivity index (χ0) is 13.3. The maximum atomic E-state index is 13.5. The molecule has 1 amide bonds. The molecular formula is C12H12BrF2NO2. The Morgan fingerprint density at radius 3 is 2.56 bits per heavy atom. The third-order valence-electron chi connectivity index (χ3n) is 2.82. The van der Waals surface area contributed by atoms with Crippen molar-refractivity contribution in [1.82, 2.24) is 0 Å². The van der Waals surface area contributed by atoms with Crippen LogP contribution in [0.2, 0.25) is 0 Å². The molecule has 0 saturated carbocycles. The van der Waals surface area contributed by atoms with Crippen molar-refractivity contribution in [3.63, 3.8) is 0 Å². The van der Waals surface area contributed by atoms with Crippen molar-refractivity contribution >= 4 is 27.5 Å². The topological polar surface area (TPSA) is 38.3 Å². The van der Waals surface area contributed by atoms with Crippen LogP contribution >= 0.6 is 15.9 Å². The van der Waals surface area contributed by atoms with E-state index in [9.17, 15) is 13.6 Å². The third kappa shape index (κ3) is 2.87. The van der Waals surface area contributed by atoms with E-state index in [0.29, 0.717) is 6.42 Å². The fourth-order valence-corrected chi connectivity index (χ4v) is 2.29. The number of benzene rings is 1. The first kappa shape index (κ1) is 13.4. The van der Waals surface area contributed by atoms with Gasteiger partial charge >= 0.3 is 0 Å². The van der Waals surface area contributed by atoms with E-state index in [4.69, 9.17) is 4.74 Å². The predicted octanol–water partition coefficient (Wildman–Crippen LogP) is 3.09. The summed E-state index contributed by atoms with van der Waals surface area (Å²) < 4.78 is 32.6. The van der Waals surface area contributed by atoms with Crippen molar-refractivity contribution in [3.8, 4) is 0 Å². The smallest absolute Gasteiger partial charge is 0.230 e. The van der Waals surface area contributed by atoms with Gasteiger partial charge in [-0.25, -0.2) is 8.78 Å². The Kier molecular flexibility index (Phi) is 3.97. The van der Waals surface area contributed by atoms with Crippen molar-refractivity contribution in [1.29, 1.82) is 0 Å². The fraction of sp³-hybridized carbons (Fsp3) is 0.417. The molecule has 1 aromatic carbocycles. The quantitative estimate of drug-likeness (QED) is 0.909. The van der Waals surface area contributed by atoms with Crippen LogP contribution < -0.4 is 5.32 Å². The molecule has 98 valence electrons. The first-order valence-electron chi connectivity index (χ1n) is 5.54. The van der Waals surface area contributed by atoms with Gasteiger partial charge in [-0.05, 0) is 25.5 Å². The van der Waals surface area contributed by atoms with E-state index < -0.39 is 23.2 Å². The summed E-state index contributed by atoms with van der Waals surface area (Å²) in [6.07, 6.45) is 0.561. The Labute approximate surface area is 112 Å². The summed E-state index contributed by atoms with van der Waals surface area (Å²) in [5.41, 5.74) is -0.414. The van der Waals surface area contributed by atoms with Crippen LogP contribution in [0.4, 0.5) is 14.5 Å². The zero-order valence-electron chi connectivity index (χ0n) is 9.67. The number of hydrogen-bond donors (Lipinski definition) is 1. The van der Waals surface area contributed by atoms with E-state index in [1.54, 1.807) is 0 Å². The predicted molar refractivity (Wildman–Crippen MR) is 66.2 cm³/mol. The summed E-state index contributed by atoms with van der Waals surface area (Å²) in [6, 6.07) is 2.21. The van der Waals surface area contributed by atoms with E-state index in [0.717, 1.165) is 12.1 Å². The number of amides is 1. The molecule has 0 radical (unpaired) electrons. The number of halogens is 3. The lowest BCUT2D eigenvalue weighted by Gasteiger charge is -2.11. The first-order chi connectivity index (χ1) is 8.47. The highest BCUT2D eigenvalue weighted by Crippen LogP contribution is 2.26. The standard InChI is InChI=1S/C12H12BrF2NO2/c1-6-2-7(5-18-6)12(17)16-11-9(14)3-8(13)4-10(11)15/h3-4,6-7H,2,5H2,1H3,(H,16,17). The minimum Gasteiger partial charge on any atom is -0.378 e. The SMILES string of the molecule is CC1CC(C(=O)Nc2c(F)cc(Br)cc2F)CO1. The molecular weight excluding hydrogens is 308 g/mol. The second kappa shape index (κ2) is 5.32. The van der Waals surface area contributed by atoms with E-state index in [1.165, 1.54) is 0 Å².